The van der Waals surface area contributed by atoms with Crippen LogP contribution in [0.5, 0.6) is 0 Å². The summed E-state index contributed by atoms with van der Waals surface area (Å²) in [5, 5.41) is 0. The molecule has 1 aliphatic carbocycles. The van der Waals surface area contributed by atoms with Gasteiger partial charge in [0.1, 0.15) is 12.7 Å². The maximum absolute atomic E-state index is 12.2. The molecule has 6 nitrogen and oxygen atoms in total. The van der Waals surface area contributed by atoms with Crippen LogP contribution in [0.25, 0.3) is 0 Å². The summed E-state index contributed by atoms with van der Waals surface area (Å²) in [5.74, 6) is -1.72. The molecule has 0 aromatic carbocycles. The Morgan fingerprint density at radius 2 is 2.24 bits per heavy atom. The topological polar surface area (TPSA) is 71.1 Å². The monoisotopic (exact) mass is 296 g/mol. The number of hydrogen-bond acceptors (Lipinski definition) is 6. The number of carbonyl (C=O) groups is 2. The van der Waals surface area contributed by atoms with Crippen molar-refractivity contribution in [1.29, 1.82) is 0 Å². The number of ether oxygens (including phenoxy) is 4. The van der Waals surface area contributed by atoms with E-state index in [0.29, 0.717) is 19.4 Å². The first-order valence-corrected chi connectivity index (χ1v) is 7.36. The van der Waals surface area contributed by atoms with Gasteiger partial charge in [-0.2, -0.15) is 0 Å². The van der Waals surface area contributed by atoms with Gasteiger partial charge in [-0.3, -0.25) is 9.59 Å². The molecule has 2 aliphatic heterocycles. The second-order valence-corrected chi connectivity index (χ2v) is 5.60. The lowest BCUT2D eigenvalue weighted by Crippen LogP contribution is -2.54. The van der Waals surface area contributed by atoms with Gasteiger partial charge in [-0.05, 0) is 13.3 Å². The molecule has 0 N–H and O–H groups in total. The number of rotatable bonds is 3. The van der Waals surface area contributed by atoms with Crippen LogP contribution in [0.2, 0.25) is 0 Å². The Morgan fingerprint density at radius 1 is 1.43 bits per heavy atom. The van der Waals surface area contributed by atoms with Crippen molar-refractivity contribution < 1.29 is 28.5 Å². The minimum Gasteiger partial charge on any atom is -0.466 e. The highest BCUT2D eigenvalue weighted by molar-refractivity contribution is 5.84. The summed E-state index contributed by atoms with van der Waals surface area (Å²) < 4.78 is 21.4. The lowest BCUT2D eigenvalue weighted by Gasteiger charge is -2.47. The predicted molar refractivity (Wildman–Crippen MR) is 71.0 cm³/mol. The molecule has 3 rings (SSSR count). The van der Waals surface area contributed by atoms with Gasteiger partial charge in [0, 0.05) is 19.4 Å². The van der Waals surface area contributed by atoms with Crippen LogP contribution in [0.15, 0.2) is 11.6 Å². The van der Waals surface area contributed by atoms with E-state index in [1.807, 2.05) is 6.08 Å². The molecule has 0 unspecified atom stereocenters. The van der Waals surface area contributed by atoms with E-state index in [2.05, 4.69) is 0 Å². The third-order valence-electron chi connectivity index (χ3n) is 4.53. The maximum atomic E-state index is 12.2. The molecule has 6 heteroatoms. The molecule has 2 heterocycles. The van der Waals surface area contributed by atoms with Crippen LogP contribution >= 0.6 is 0 Å². The molecule has 0 radical (unpaired) electrons. The van der Waals surface area contributed by atoms with Crippen molar-refractivity contribution in [3.8, 4) is 0 Å². The third-order valence-corrected chi connectivity index (χ3v) is 4.53. The largest absolute Gasteiger partial charge is 0.466 e. The second-order valence-electron chi connectivity index (χ2n) is 5.60. The van der Waals surface area contributed by atoms with Crippen molar-refractivity contribution >= 4 is 11.9 Å². The molecule has 0 aromatic heterocycles. The highest BCUT2D eigenvalue weighted by Crippen LogP contribution is 2.46. The maximum Gasteiger partial charge on any atom is 0.310 e. The van der Waals surface area contributed by atoms with Gasteiger partial charge in [0.15, 0.2) is 6.29 Å². The number of allylic oxidation sites excluding steroid dienone is 1. The van der Waals surface area contributed by atoms with E-state index in [4.69, 9.17) is 18.9 Å². The summed E-state index contributed by atoms with van der Waals surface area (Å²) in [7, 11) is 1.60. The van der Waals surface area contributed by atoms with E-state index in [1.54, 1.807) is 14.0 Å². The number of hydrogen-bond donors (Lipinski definition) is 0. The number of methoxy groups -OCH3 is 1. The Kier molecular flexibility index (Phi) is 3.99. The average Bonchev–Trinajstić information content (AvgIpc) is 2.50. The van der Waals surface area contributed by atoms with Crippen LogP contribution in [0.1, 0.15) is 19.8 Å². The van der Waals surface area contributed by atoms with Crippen molar-refractivity contribution in [2.75, 3.05) is 20.3 Å². The van der Waals surface area contributed by atoms with Gasteiger partial charge >= 0.3 is 11.9 Å². The molecule has 2 saturated heterocycles. The molecular formula is C15H20O6. The van der Waals surface area contributed by atoms with Crippen molar-refractivity contribution in [3.63, 3.8) is 0 Å². The van der Waals surface area contributed by atoms with Gasteiger partial charge < -0.3 is 18.9 Å². The smallest absolute Gasteiger partial charge is 0.310 e. The minimum atomic E-state index is -0.499. The van der Waals surface area contributed by atoms with Crippen molar-refractivity contribution in [2.45, 2.75) is 32.2 Å². The van der Waals surface area contributed by atoms with E-state index < -0.39 is 11.8 Å². The number of carbonyl (C=O) groups excluding carboxylic acids is 2. The zero-order chi connectivity index (χ0) is 15.0. The molecule has 0 spiro atoms. The van der Waals surface area contributed by atoms with Gasteiger partial charge in [-0.25, -0.2) is 0 Å². The third kappa shape index (κ3) is 2.46. The van der Waals surface area contributed by atoms with Crippen LogP contribution in [0, 0.1) is 17.8 Å². The van der Waals surface area contributed by atoms with Crippen LogP contribution in [0.3, 0.4) is 0 Å². The highest BCUT2D eigenvalue weighted by Gasteiger charge is 2.53. The fourth-order valence-electron chi connectivity index (χ4n) is 3.60. The SMILES string of the molecule is CCOC(=O)[C@H]1CC=C2C[C@@H](OC)O[C@@H]3COC(=O)[C@H]1[C@H]23. The highest BCUT2D eigenvalue weighted by atomic mass is 16.7. The van der Waals surface area contributed by atoms with Crippen LogP contribution in [-0.2, 0) is 28.5 Å². The lowest BCUT2D eigenvalue weighted by atomic mass is 9.67. The average molecular weight is 296 g/mol. The Bertz CT molecular complexity index is 471. The predicted octanol–water partition coefficient (Wildman–Crippen LogP) is 1.05. The van der Waals surface area contributed by atoms with Gasteiger partial charge in [0.05, 0.1) is 18.4 Å². The summed E-state index contributed by atoms with van der Waals surface area (Å²) >= 11 is 0. The second kappa shape index (κ2) is 5.77. The summed E-state index contributed by atoms with van der Waals surface area (Å²) in [6.07, 6.45) is 2.64. The van der Waals surface area contributed by atoms with Crippen molar-refractivity contribution in [1.82, 2.24) is 0 Å². The number of cyclic esters (lactones) is 1. The van der Waals surface area contributed by atoms with Gasteiger partial charge in [-0.15, -0.1) is 0 Å². The molecule has 116 valence electrons. The van der Waals surface area contributed by atoms with Crippen molar-refractivity contribution in [3.05, 3.63) is 11.6 Å². The molecule has 0 amide bonds. The van der Waals surface area contributed by atoms with Crippen LogP contribution in [0.4, 0.5) is 0 Å². The fraction of sp³-hybridized carbons (Fsp3) is 0.733. The van der Waals surface area contributed by atoms with Gasteiger partial charge in [0.2, 0.25) is 0 Å². The van der Waals surface area contributed by atoms with Gasteiger partial charge in [-0.1, -0.05) is 11.6 Å². The Hall–Kier alpha value is -1.40. The normalized spacial score (nSPS) is 38.1. The summed E-state index contributed by atoms with van der Waals surface area (Å²) in [5.41, 5.74) is 1.14. The van der Waals surface area contributed by atoms with Gasteiger partial charge in [0.25, 0.3) is 0 Å². The molecule has 0 bridgehead atoms. The standard InChI is InChI=1S/C15H20O6/c1-3-19-14(16)9-5-4-8-6-11(18-2)21-10-7-20-15(17)13(9)12(8)10/h4,9-13H,3,5-7H2,1-2H3/t9-,10+,11-,12+,13+/m0/s1. The first kappa shape index (κ1) is 14.5. The molecule has 0 saturated carbocycles. The first-order valence-electron chi connectivity index (χ1n) is 7.36. The zero-order valence-electron chi connectivity index (χ0n) is 12.2. The minimum absolute atomic E-state index is 0.0965. The first-order chi connectivity index (χ1) is 10.2. The summed E-state index contributed by atoms with van der Waals surface area (Å²) in [6, 6.07) is 0. The van der Waals surface area contributed by atoms with Crippen LogP contribution < -0.4 is 0 Å². The van der Waals surface area contributed by atoms with E-state index in [1.165, 1.54) is 0 Å². The number of esters is 2. The molecule has 0 aromatic rings. The molecule has 2 fully saturated rings. The van der Waals surface area contributed by atoms with Crippen LogP contribution in [-0.4, -0.2) is 44.7 Å². The Morgan fingerprint density at radius 3 is 2.95 bits per heavy atom. The molecule has 21 heavy (non-hydrogen) atoms. The Labute approximate surface area is 123 Å². The summed E-state index contributed by atoms with van der Waals surface area (Å²) in [4.78, 5) is 24.3. The molecular weight excluding hydrogens is 276 g/mol. The van der Waals surface area contributed by atoms with E-state index in [-0.39, 0.29) is 36.9 Å². The summed E-state index contributed by atoms with van der Waals surface area (Å²) in [6.45, 7) is 2.29. The Balaban J connectivity index is 1.89. The fourth-order valence-corrected chi connectivity index (χ4v) is 3.60. The van der Waals surface area contributed by atoms with E-state index in [0.717, 1.165) is 5.57 Å². The molecule has 5 atom stereocenters. The van der Waals surface area contributed by atoms with Crippen molar-refractivity contribution in [2.24, 2.45) is 17.8 Å². The lowest BCUT2D eigenvalue weighted by molar-refractivity contribution is -0.225. The zero-order valence-corrected chi connectivity index (χ0v) is 12.2. The molecule has 3 aliphatic rings. The van der Waals surface area contributed by atoms with E-state index >= 15 is 0 Å². The van der Waals surface area contributed by atoms with E-state index in [9.17, 15) is 9.59 Å². The quantitative estimate of drug-likeness (QED) is 0.572.